The summed E-state index contributed by atoms with van der Waals surface area (Å²) in [5, 5.41) is 4.76. The smallest absolute Gasteiger partial charge is 0.225 e. The summed E-state index contributed by atoms with van der Waals surface area (Å²) in [7, 11) is 0. The molecular weight excluding hydrogens is 367 g/mol. The van der Waals surface area contributed by atoms with Crippen molar-refractivity contribution in [2.45, 2.75) is 32.9 Å². The number of rotatable bonds is 6. The first kappa shape index (κ1) is 19.4. The Morgan fingerprint density at radius 1 is 1.26 bits per heavy atom. The first-order valence-electron chi connectivity index (χ1n) is 8.95. The molecule has 1 amide bonds. The molecule has 0 aromatic heterocycles. The minimum atomic E-state index is -0.289. The van der Waals surface area contributed by atoms with E-state index in [0.717, 1.165) is 16.8 Å². The van der Waals surface area contributed by atoms with Crippen molar-refractivity contribution >= 4 is 23.2 Å². The molecule has 1 atom stereocenters. The van der Waals surface area contributed by atoms with Gasteiger partial charge in [-0.15, -0.1) is 0 Å². The van der Waals surface area contributed by atoms with E-state index >= 15 is 0 Å². The van der Waals surface area contributed by atoms with Crippen LogP contribution in [0.1, 0.15) is 31.4 Å². The highest BCUT2D eigenvalue weighted by Gasteiger charge is 2.28. The summed E-state index contributed by atoms with van der Waals surface area (Å²) in [6.07, 6.45) is 0.325. The summed E-state index contributed by atoms with van der Waals surface area (Å²) in [5.41, 5.74) is 2.48. The first-order chi connectivity index (χ1) is 12.9. The average Bonchev–Trinajstić information content (AvgIpc) is 3.11. The third kappa shape index (κ3) is 4.86. The van der Waals surface area contributed by atoms with Crippen LogP contribution in [-0.4, -0.2) is 29.2 Å². The quantitative estimate of drug-likeness (QED) is 0.722. The van der Waals surface area contributed by atoms with Crippen molar-refractivity contribution in [1.29, 1.82) is 0 Å². The van der Waals surface area contributed by atoms with E-state index in [1.54, 1.807) is 17.0 Å². The van der Waals surface area contributed by atoms with Crippen LogP contribution in [0.4, 0.5) is 4.39 Å². The predicted octanol–water partition coefficient (Wildman–Crippen LogP) is 4.66. The maximum Gasteiger partial charge on any atom is 0.225 e. The number of hydrogen-bond donors (Lipinski definition) is 0. The van der Waals surface area contributed by atoms with Crippen molar-refractivity contribution < 1.29 is 14.0 Å². The Morgan fingerprint density at radius 2 is 1.96 bits per heavy atom. The monoisotopic (exact) mass is 388 g/mol. The molecule has 0 aliphatic carbocycles. The molecule has 6 heteroatoms. The molecule has 3 rings (SSSR count). The Hall–Kier alpha value is -2.40. The van der Waals surface area contributed by atoms with Gasteiger partial charge in [0.1, 0.15) is 5.82 Å². The van der Waals surface area contributed by atoms with E-state index in [0.29, 0.717) is 24.5 Å². The number of hydrogen-bond acceptors (Lipinski definition) is 3. The molecule has 0 fully saturated rings. The van der Waals surface area contributed by atoms with Crippen LogP contribution in [0, 0.1) is 11.7 Å². The molecule has 4 nitrogen and oxygen atoms in total. The largest absolute Gasteiger partial charge is 0.390 e. The van der Waals surface area contributed by atoms with Gasteiger partial charge in [-0.3, -0.25) is 4.79 Å². The van der Waals surface area contributed by atoms with Crippen molar-refractivity contribution in [3.05, 3.63) is 70.5 Å². The van der Waals surface area contributed by atoms with E-state index in [1.165, 1.54) is 12.1 Å². The van der Waals surface area contributed by atoms with Crippen molar-refractivity contribution in [3.63, 3.8) is 0 Å². The molecule has 1 aliphatic rings. The molecule has 0 unspecified atom stereocenters. The topological polar surface area (TPSA) is 41.9 Å². The molecule has 2 aromatic carbocycles. The van der Waals surface area contributed by atoms with Crippen molar-refractivity contribution in [2.24, 2.45) is 11.1 Å². The Balaban J connectivity index is 1.69. The number of carbonyl (C=O) groups excluding carboxylic acids is 1. The fraction of sp³-hybridized carbons (Fsp3) is 0.333. The van der Waals surface area contributed by atoms with E-state index in [-0.39, 0.29) is 23.7 Å². The van der Waals surface area contributed by atoms with Crippen LogP contribution >= 0.6 is 11.6 Å². The van der Waals surface area contributed by atoms with Gasteiger partial charge in [0.05, 0.1) is 12.3 Å². The zero-order valence-electron chi connectivity index (χ0n) is 15.4. The van der Waals surface area contributed by atoms with Gasteiger partial charge in [-0.25, -0.2) is 4.39 Å². The van der Waals surface area contributed by atoms with Crippen LogP contribution in [0.2, 0.25) is 5.02 Å². The van der Waals surface area contributed by atoms with Crippen LogP contribution < -0.4 is 0 Å². The van der Waals surface area contributed by atoms with Crippen LogP contribution in [0.25, 0.3) is 0 Å². The molecule has 1 aliphatic heterocycles. The van der Waals surface area contributed by atoms with E-state index in [2.05, 4.69) is 5.16 Å². The van der Waals surface area contributed by atoms with Crippen molar-refractivity contribution in [1.82, 2.24) is 4.90 Å². The molecule has 0 saturated carbocycles. The Labute approximate surface area is 163 Å². The Bertz CT molecular complexity index is 836. The lowest BCUT2D eigenvalue weighted by Gasteiger charge is -2.27. The summed E-state index contributed by atoms with van der Waals surface area (Å²) >= 11 is 6.26. The van der Waals surface area contributed by atoms with Crippen LogP contribution in [0.3, 0.4) is 0 Å². The highest BCUT2D eigenvalue weighted by molar-refractivity contribution is 6.31. The normalized spacial score (nSPS) is 16.2. The fourth-order valence-corrected chi connectivity index (χ4v) is 3.21. The van der Waals surface area contributed by atoms with Crippen molar-refractivity contribution in [3.8, 4) is 0 Å². The van der Waals surface area contributed by atoms with Crippen molar-refractivity contribution in [2.75, 3.05) is 6.54 Å². The zero-order chi connectivity index (χ0) is 19.4. The van der Waals surface area contributed by atoms with Gasteiger partial charge in [-0.2, -0.15) is 0 Å². The summed E-state index contributed by atoms with van der Waals surface area (Å²) in [4.78, 5) is 20.0. The lowest BCUT2D eigenvalue weighted by Crippen LogP contribution is -2.39. The molecule has 2 aromatic rings. The molecule has 0 radical (unpaired) electrons. The highest BCUT2D eigenvalue weighted by atomic mass is 35.5. The van der Waals surface area contributed by atoms with E-state index < -0.39 is 0 Å². The van der Waals surface area contributed by atoms with Crippen LogP contribution in [-0.2, 0) is 16.2 Å². The Morgan fingerprint density at radius 3 is 2.63 bits per heavy atom. The first-order valence-corrected chi connectivity index (χ1v) is 9.32. The van der Waals surface area contributed by atoms with Gasteiger partial charge < -0.3 is 9.74 Å². The number of benzene rings is 2. The van der Waals surface area contributed by atoms with E-state index in [1.807, 2.05) is 38.1 Å². The minimum absolute atomic E-state index is 0.0359. The van der Waals surface area contributed by atoms with Gasteiger partial charge in [-0.1, -0.05) is 60.9 Å². The lowest BCUT2D eigenvalue weighted by molar-refractivity contribution is -0.136. The molecular formula is C21H22ClFN2O2. The third-order valence-electron chi connectivity index (χ3n) is 4.46. The number of amides is 1. The number of carbonyl (C=O) groups is 1. The van der Waals surface area contributed by atoms with E-state index in [4.69, 9.17) is 16.4 Å². The van der Waals surface area contributed by atoms with Gasteiger partial charge in [0, 0.05) is 23.9 Å². The van der Waals surface area contributed by atoms with E-state index in [9.17, 15) is 9.18 Å². The maximum atomic E-state index is 13.1. The lowest BCUT2D eigenvalue weighted by atomic mass is 10.0. The number of nitrogens with zero attached hydrogens (tertiary/aromatic N) is 2. The second kappa shape index (κ2) is 8.53. The van der Waals surface area contributed by atoms with Gasteiger partial charge in [0.15, 0.2) is 6.10 Å². The summed E-state index contributed by atoms with van der Waals surface area (Å²) in [6.45, 7) is 4.58. The highest BCUT2D eigenvalue weighted by Crippen LogP contribution is 2.22. The van der Waals surface area contributed by atoms with Crippen LogP contribution in [0.15, 0.2) is 53.7 Å². The molecule has 0 bridgehead atoms. The molecule has 1 heterocycles. The van der Waals surface area contributed by atoms with Gasteiger partial charge in [-0.05, 0) is 29.3 Å². The van der Waals surface area contributed by atoms with Gasteiger partial charge >= 0.3 is 0 Å². The summed E-state index contributed by atoms with van der Waals surface area (Å²) in [6, 6.07) is 13.7. The second-order valence-corrected chi connectivity index (χ2v) is 7.35. The molecule has 0 saturated heterocycles. The standard InChI is InChI=1S/C21H22ClFN2O2/c1-14(2)21(26)25(12-16-5-3-4-6-19(16)22)13-18-11-20(24-27-18)15-7-9-17(23)10-8-15/h3-10,14,18H,11-13H2,1-2H3/t18-/m0/s1. The molecule has 142 valence electrons. The van der Waals surface area contributed by atoms with Gasteiger partial charge in [0.2, 0.25) is 5.91 Å². The molecule has 27 heavy (non-hydrogen) atoms. The minimum Gasteiger partial charge on any atom is -0.390 e. The zero-order valence-corrected chi connectivity index (χ0v) is 16.1. The van der Waals surface area contributed by atoms with Gasteiger partial charge in [0.25, 0.3) is 0 Å². The maximum absolute atomic E-state index is 13.1. The number of oxime groups is 1. The second-order valence-electron chi connectivity index (χ2n) is 6.94. The third-order valence-corrected chi connectivity index (χ3v) is 4.83. The average molecular weight is 389 g/mol. The number of halogens is 2. The summed E-state index contributed by atoms with van der Waals surface area (Å²) in [5.74, 6) is -0.386. The SMILES string of the molecule is CC(C)C(=O)N(Cc1ccccc1Cl)C[C@@H]1CC(c2ccc(F)cc2)=NO1. The molecule has 0 N–H and O–H groups in total. The molecule has 0 spiro atoms. The van der Waals surface area contributed by atoms with Crippen LogP contribution in [0.5, 0.6) is 0 Å². The summed E-state index contributed by atoms with van der Waals surface area (Å²) < 4.78 is 13.1. The predicted molar refractivity (Wildman–Crippen MR) is 104 cm³/mol. The Kier molecular flexibility index (Phi) is 6.11. The fourth-order valence-electron chi connectivity index (χ4n) is 3.01.